The minimum absolute atomic E-state index is 0.203. The van der Waals surface area contributed by atoms with Crippen LogP contribution in [0.3, 0.4) is 0 Å². The van der Waals surface area contributed by atoms with Crippen LogP contribution in [0.15, 0.2) is 12.7 Å². The van der Waals surface area contributed by atoms with Crippen LogP contribution in [0.2, 0.25) is 0 Å². The fraction of sp³-hybridized carbons (Fsp3) is 0.808. The molecule has 4 N–H and O–H groups in total. The molecular formula is C26H44N2O6. The first-order valence-corrected chi connectivity index (χ1v) is 12.9. The number of carbonyl (C=O) groups is 3. The van der Waals surface area contributed by atoms with Crippen molar-refractivity contribution in [1.82, 2.24) is 10.6 Å². The number of amides is 2. The number of hydrogen-bond acceptors (Lipinski definition) is 6. The average molecular weight is 481 g/mol. The number of aliphatic hydroxyl groups excluding tert-OH is 2. The highest BCUT2D eigenvalue weighted by atomic mass is 16.5. The smallest absolute Gasteiger partial charge is 0.309 e. The predicted molar refractivity (Wildman–Crippen MR) is 130 cm³/mol. The van der Waals surface area contributed by atoms with E-state index in [9.17, 15) is 24.6 Å². The number of aliphatic hydroxyl groups is 2. The maximum Gasteiger partial charge on any atom is 0.309 e. The lowest BCUT2D eigenvalue weighted by Gasteiger charge is -2.33. The molecule has 0 bridgehead atoms. The molecule has 2 amide bonds. The molecule has 2 aliphatic rings. The number of ether oxygens (including phenoxy) is 1. The average Bonchev–Trinajstić information content (AvgIpc) is 3.59. The summed E-state index contributed by atoms with van der Waals surface area (Å²) >= 11 is 0. The van der Waals surface area contributed by atoms with E-state index in [2.05, 4.69) is 17.2 Å². The summed E-state index contributed by atoms with van der Waals surface area (Å²) in [6, 6.07) is -1.47. The molecule has 0 aromatic heterocycles. The molecular weight excluding hydrogens is 436 g/mol. The van der Waals surface area contributed by atoms with Gasteiger partial charge in [0.2, 0.25) is 11.8 Å². The third kappa shape index (κ3) is 8.69. The maximum atomic E-state index is 13.2. The molecule has 2 fully saturated rings. The van der Waals surface area contributed by atoms with Gasteiger partial charge >= 0.3 is 5.97 Å². The second-order valence-corrected chi connectivity index (χ2v) is 10.3. The van der Waals surface area contributed by atoms with Crippen molar-refractivity contribution in [1.29, 1.82) is 0 Å². The lowest BCUT2D eigenvalue weighted by Crippen LogP contribution is -2.55. The molecule has 6 atom stereocenters. The summed E-state index contributed by atoms with van der Waals surface area (Å²) in [5.41, 5.74) is 0. The highest BCUT2D eigenvalue weighted by Gasteiger charge is 2.49. The van der Waals surface area contributed by atoms with E-state index in [1.54, 1.807) is 13.0 Å². The molecule has 8 nitrogen and oxygen atoms in total. The zero-order chi connectivity index (χ0) is 25.3. The minimum atomic E-state index is -1.09. The van der Waals surface area contributed by atoms with Crippen molar-refractivity contribution >= 4 is 17.8 Å². The van der Waals surface area contributed by atoms with Crippen molar-refractivity contribution in [2.24, 2.45) is 23.7 Å². The Labute approximate surface area is 203 Å². The van der Waals surface area contributed by atoms with Gasteiger partial charge < -0.3 is 25.6 Å². The summed E-state index contributed by atoms with van der Waals surface area (Å²) in [5, 5.41) is 27.1. The first kappa shape index (κ1) is 28.3. The predicted octanol–water partition coefficient (Wildman–Crippen LogP) is 2.47. The van der Waals surface area contributed by atoms with Gasteiger partial charge in [-0.25, -0.2) is 0 Å². The molecule has 0 aromatic carbocycles. The normalized spacial score (nSPS) is 23.9. The lowest BCUT2D eigenvalue weighted by molar-refractivity contribution is -0.146. The van der Waals surface area contributed by atoms with Crippen molar-refractivity contribution in [2.45, 2.75) is 103 Å². The standard InChI is InChI=1S/C26H44N2O6/c1-5-10-20(27-24(31)18-15-19(18)26(33)34-6-2)25(32)28-21(14-17-11-8-7-9-12-17)23(30)22(29)13-16(3)4/h5,16-23,29-30H,1,6-15H2,2-4H3,(H,27,31)(H,28,32)/t18-,19-,20+,21+,22+,23-/m1/s1. The Bertz CT molecular complexity index is 691. The summed E-state index contributed by atoms with van der Waals surface area (Å²) in [6.07, 6.45) is 6.73. The zero-order valence-corrected chi connectivity index (χ0v) is 21.0. The molecule has 0 unspecified atom stereocenters. The summed E-state index contributed by atoms with van der Waals surface area (Å²) in [4.78, 5) is 37.7. The Morgan fingerprint density at radius 1 is 1.09 bits per heavy atom. The first-order valence-electron chi connectivity index (χ1n) is 12.9. The van der Waals surface area contributed by atoms with Gasteiger partial charge in [-0.2, -0.15) is 0 Å². The fourth-order valence-corrected chi connectivity index (χ4v) is 4.91. The fourth-order valence-electron chi connectivity index (χ4n) is 4.91. The second-order valence-electron chi connectivity index (χ2n) is 10.3. The lowest BCUT2D eigenvalue weighted by atomic mass is 9.82. The number of rotatable bonds is 14. The number of nitrogens with one attached hydrogen (secondary N) is 2. The molecule has 0 saturated heterocycles. The Morgan fingerprint density at radius 3 is 2.35 bits per heavy atom. The summed E-state index contributed by atoms with van der Waals surface area (Å²) in [5.74, 6) is -1.53. The van der Waals surface area contributed by atoms with E-state index in [0.29, 0.717) is 25.2 Å². The topological polar surface area (TPSA) is 125 Å². The van der Waals surface area contributed by atoms with Crippen LogP contribution in [0.25, 0.3) is 0 Å². The largest absolute Gasteiger partial charge is 0.466 e. The number of hydrogen-bond donors (Lipinski definition) is 4. The quantitative estimate of drug-likeness (QED) is 0.224. The van der Waals surface area contributed by atoms with Gasteiger partial charge in [-0.1, -0.05) is 52.0 Å². The summed E-state index contributed by atoms with van der Waals surface area (Å²) in [7, 11) is 0. The molecule has 0 aliphatic heterocycles. The Balaban J connectivity index is 2.04. The van der Waals surface area contributed by atoms with E-state index < -0.39 is 42.0 Å². The Morgan fingerprint density at radius 2 is 1.76 bits per heavy atom. The van der Waals surface area contributed by atoms with Crippen molar-refractivity contribution in [3.8, 4) is 0 Å². The van der Waals surface area contributed by atoms with E-state index in [1.807, 2.05) is 13.8 Å². The zero-order valence-electron chi connectivity index (χ0n) is 21.0. The van der Waals surface area contributed by atoms with Crippen LogP contribution in [0, 0.1) is 23.7 Å². The number of carbonyl (C=O) groups excluding carboxylic acids is 3. The van der Waals surface area contributed by atoms with E-state index in [4.69, 9.17) is 4.74 Å². The van der Waals surface area contributed by atoms with Crippen LogP contribution in [-0.2, 0) is 19.1 Å². The van der Waals surface area contributed by atoms with E-state index in [-0.39, 0.29) is 30.8 Å². The van der Waals surface area contributed by atoms with Gasteiger partial charge in [0.05, 0.1) is 30.6 Å². The van der Waals surface area contributed by atoms with Gasteiger partial charge in [0.15, 0.2) is 0 Å². The van der Waals surface area contributed by atoms with Gasteiger partial charge in [0.1, 0.15) is 12.1 Å². The van der Waals surface area contributed by atoms with Crippen molar-refractivity contribution in [3.05, 3.63) is 12.7 Å². The molecule has 0 aromatic rings. The summed E-state index contributed by atoms with van der Waals surface area (Å²) in [6.45, 7) is 9.62. The monoisotopic (exact) mass is 480 g/mol. The highest BCUT2D eigenvalue weighted by Crippen LogP contribution is 2.39. The molecule has 2 saturated carbocycles. The molecule has 0 heterocycles. The molecule has 194 valence electrons. The van der Waals surface area contributed by atoms with E-state index in [0.717, 1.165) is 25.7 Å². The van der Waals surface area contributed by atoms with Gasteiger partial charge in [0.25, 0.3) is 0 Å². The van der Waals surface area contributed by atoms with Crippen LogP contribution < -0.4 is 10.6 Å². The molecule has 2 aliphatic carbocycles. The van der Waals surface area contributed by atoms with E-state index >= 15 is 0 Å². The van der Waals surface area contributed by atoms with Crippen LogP contribution in [-0.4, -0.2) is 58.9 Å². The van der Waals surface area contributed by atoms with Gasteiger partial charge in [-0.3, -0.25) is 14.4 Å². The van der Waals surface area contributed by atoms with Crippen molar-refractivity contribution < 1.29 is 29.3 Å². The Kier molecular flexibility index (Phi) is 11.5. The minimum Gasteiger partial charge on any atom is -0.466 e. The molecule has 8 heteroatoms. The number of esters is 1. The van der Waals surface area contributed by atoms with Gasteiger partial charge in [-0.15, -0.1) is 6.58 Å². The van der Waals surface area contributed by atoms with Crippen LogP contribution in [0.1, 0.15) is 78.6 Å². The van der Waals surface area contributed by atoms with E-state index in [1.165, 1.54) is 6.42 Å². The van der Waals surface area contributed by atoms with Crippen LogP contribution >= 0.6 is 0 Å². The first-order chi connectivity index (χ1) is 16.2. The van der Waals surface area contributed by atoms with Crippen LogP contribution in [0.4, 0.5) is 0 Å². The Hall–Kier alpha value is -1.93. The maximum absolute atomic E-state index is 13.2. The molecule has 2 rings (SSSR count). The van der Waals surface area contributed by atoms with Crippen molar-refractivity contribution in [3.63, 3.8) is 0 Å². The summed E-state index contributed by atoms with van der Waals surface area (Å²) < 4.78 is 4.98. The van der Waals surface area contributed by atoms with Gasteiger partial charge in [-0.05, 0) is 44.4 Å². The third-order valence-corrected chi connectivity index (χ3v) is 6.91. The van der Waals surface area contributed by atoms with Gasteiger partial charge in [0, 0.05) is 0 Å². The third-order valence-electron chi connectivity index (χ3n) is 6.91. The molecule has 34 heavy (non-hydrogen) atoms. The highest BCUT2D eigenvalue weighted by molar-refractivity contribution is 5.93. The molecule has 0 spiro atoms. The van der Waals surface area contributed by atoms with Crippen molar-refractivity contribution in [2.75, 3.05) is 6.61 Å². The molecule has 0 radical (unpaired) electrons. The SMILES string of the molecule is C=CC[C@H](NC(=O)[C@@H]1C[C@H]1C(=O)OCC)C(=O)N[C@@H](CC1CCCCC1)[C@@H](O)[C@@H](O)CC(C)C. The van der Waals surface area contributed by atoms with Crippen LogP contribution in [0.5, 0.6) is 0 Å². The second kappa shape index (κ2) is 13.8.